The summed E-state index contributed by atoms with van der Waals surface area (Å²) in [6.45, 7) is 0. The van der Waals surface area contributed by atoms with E-state index in [1.165, 1.54) is 0 Å². The normalized spacial score (nSPS) is 0. The second kappa shape index (κ2) is 102. The van der Waals surface area contributed by atoms with E-state index >= 15 is 0 Å². The smallest absolute Gasteiger partial charge is 2.00 e. The van der Waals surface area contributed by atoms with Crippen molar-refractivity contribution >= 4 is 0 Å². The van der Waals surface area contributed by atoms with E-state index in [2.05, 4.69) is 0 Å². The van der Waals surface area contributed by atoms with Gasteiger partial charge in [-0.25, -0.2) is 0 Å². The van der Waals surface area contributed by atoms with Gasteiger partial charge in [0.15, 0.2) is 0 Å². The van der Waals surface area contributed by atoms with Crippen molar-refractivity contribution in [3.63, 3.8) is 0 Å². The van der Waals surface area contributed by atoms with Gasteiger partial charge in [-0.05, 0) is 0 Å². The van der Waals surface area contributed by atoms with E-state index in [9.17, 15) is 0 Å². The minimum atomic E-state index is 0. The van der Waals surface area contributed by atoms with E-state index in [1.807, 2.05) is 0 Å². The van der Waals surface area contributed by atoms with Crippen LogP contribution in [0, 0.1) is 0 Å². The average Bonchev–Trinajstić information content (AvgIpc) is 0. The SMILES string of the molecule is [Cr+3].[Cr+3].[Ni].[Ni].[O-2].[O-2].[O-2]. The second-order valence-electron chi connectivity index (χ2n) is 0. The fourth-order valence-electron chi connectivity index (χ4n) is 0. The molecule has 0 aliphatic heterocycles. The van der Waals surface area contributed by atoms with E-state index in [1.54, 1.807) is 0 Å². The van der Waals surface area contributed by atoms with Crippen LogP contribution in [0.1, 0.15) is 0 Å². The fraction of sp³-hybridized carbons (Fsp3) is 0. The zero-order chi connectivity index (χ0) is 0. The Morgan fingerprint density at radius 2 is 0.429 bits per heavy atom. The molecule has 0 aromatic rings. The molecule has 2 radical (unpaired) electrons. The Balaban J connectivity index is 0. The molecule has 0 aromatic heterocycles. The van der Waals surface area contributed by atoms with Crippen LogP contribution in [0.4, 0.5) is 0 Å². The maximum absolute atomic E-state index is 0. The number of hydrogen-bond acceptors (Lipinski definition) is 0. The second-order valence-corrected chi connectivity index (χ2v) is 0. The van der Waals surface area contributed by atoms with Crippen LogP contribution in [0.2, 0.25) is 0 Å². The molecule has 0 atom stereocenters. The van der Waals surface area contributed by atoms with Gasteiger partial charge in [-0.2, -0.15) is 0 Å². The third kappa shape index (κ3) is 74.8. The summed E-state index contributed by atoms with van der Waals surface area (Å²) >= 11 is 0. The first-order valence-corrected chi connectivity index (χ1v) is 0. The zero-order valence-electron chi connectivity index (χ0n) is 2.67. The van der Waals surface area contributed by atoms with Crippen molar-refractivity contribution in [2.75, 3.05) is 0 Å². The molecule has 0 heterocycles. The first-order valence-electron chi connectivity index (χ1n) is 0. The fourth-order valence-corrected chi connectivity index (χ4v) is 0. The first-order chi connectivity index (χ1) is 0. The van der Waals surface area contributed by atoms with Gasteiger partial charge in [0.2, 0.25) is 0 Å². The molecular weight excluding hydrogens is 269 g/mol. The van der Waals surface area contributed by atoms with Crippen LogP contribution in [-0.4, -0.2) is 0 Å². The van der Waals surface area contributed by atoms with Crippen LogP contribution in [0.25, 0.3) is 0 Å². The van der Waals surface area contributed by atoms with Gasteiger partial charge < -0.3 is 16.4 Å². The van der Waals surface area contributed by atoms with Crippen LogP contribution < -0.4 is 0 Å². The standard InChI is InChI=1S/2Cr.2Ni.3O/q2*+3;;;3*-2. The van der Waals surface area contributed by atoms with Crippen molar-refractivity contribution < 1.29 is 84.1 Å². The molecule has 50 valence electrons. The molecule has 7 heavy (non-hydrogen) atoms. The minimum Gasteiger partial charge on any atom is -2.00 e. The summed E-state index contributed by atoms with van der Waals surface area (Å²) in [5.41, 5.74) is 0. The first kappa shape index (κ1) is 151. The van der Waals surface area contributed by atoms with E-state index in [0.29, 0.717) is 0 Å². The van der Waals surface area contributed by atoms with Gasteiger partial charge in [0.1, 0.15) is 0 Å². The molecule has 0 saturated carbocycles. The summed E-state index contributed by atoms with van der Waals surface area (Å²) in [5, 5.41) is 0. The summed E-state index contributed by atoms with van der Waals surface area (Å²) in [5.74, 6) is 0. The Kier molecular flexibility index (Phi) is 2200. The third-order valence-corrected chi connectivity index (χ3v) is 0. The van der Waals surface area contributed by atoms with Gasteiger partial charge in [0, 0.05) is 33.0 Å². The van der Waals surface area contributed by atoms with Crippen molar-refractivity contribution in [3.8, 4) is 0 Å². The Hall–Kier alpha value is 1.93. The Labute approximate surface area is 83.7 Å². The number of rotatable bonds is 0. The third-order valence-electron chi connectivity index (χ3n) is 0. The molecule has 0 saturated heterocycles. The average molecular weight is 269 g/mol. The summed E-state index contributed by atoms with van der Waals surface area (Å²) in [6, 6.07) is 0. The van der Waals surface area contributed by atoms with Crippen LogP contribution in [0.5, 0.6) is 0 Å². The van der Waals surface area contributed by atoms with Gasteiger partial charge in [0.25, 0.3) is 0 Å². The Morgan fingerprint density at radius 3 is 0.429 bits per heavy atom. The topological polar surface area (TPSA) is 85.5 Å². The molecular formula is Cr2Ni2O3. The Morgan fingerprint density at radius 1 is 0.429 bits per heavy atom. The van der Waals surface area contributed by atoms with Crippen molar-refractivity contribution in [3.05, 3.63) is 0 Å². The van der Waals surface area contributed by atoms with Crippen molar-refractivity contribution in [2.24, 2.45) is 0 Å². The maximum atomic E-state index is 0. The molecule has 0 fully saturated rings. The van der Waals surface area contributed by atoms with Gasteiger partial charge in [-0.1, -0.05) is 0 Å². The monoisotopic (exact) mass is 268 g/mol. The van der Waals surface area contributed by atoms with Crippen molar-refractivity contribution in [1.82, 2.24) is 0 Å². The van der Waals surface area contributed by atoms with Crippen LogP contribution in [0.3, 0.4) is 0 Å². The molecule has 0 N–H and O–H groups in total. The molecule has 0 bridgehead atoms. The summed E-state index contributed by atoms with van der Waals surface area (Å²) < 4.78 is 0. The van der Waals surface area contributed by atoms with Gasteiger partial charge >= 0.3 is 34.7 Å². The van der Waals surface area contributed by atoms with Crippen molar-refractivity contribution in [2.45, 2.75) is 0 Å². The molecule has 0 spiro atoms. The summed E-state index contributed by atoms with van der Waals surface area (Å²) in [4.78, 5) is 0. The van der Waals surface area contributed by atoms with Crippen LogP contribution >= 0.6 is 0 Å². The van der Waals surface area contributed by atoms with Crippen LogP contribution in [-0.2, 0) is 84.1 Å². The predicted octanol–water partition coefficient (Wildman–Crippen LogP) is -0.366. The molecule has 0 aliphatic rings. The van der Waals surface area contributed by atoms with E-state index in [4.69, 9.17) is 0 Å². The van der Waals surface area contributed by atoms with E-state index in [-0.39, 0.29) is 84.1 Å². The quantitative estimate of drug-likeness (QED) is 0.538. The molecule has 0 rings (SSSR count). The van der Waals surface area contributed by atoms with Gasteiger partial charge in [-0.15, -0.1) is 0 Å². The van der Waals surface area contributed by atoms with Crippen molar-refractivity contribution in [1.29, 1.82) is 0 Å². The van der Waals surface area contributed by atoms with Gasteiger partial charge in [-0.3, -0.25) is 0 Å². The zero-order valence-corrected chi connectivity index (χ0v) is 7.20. The number of hydrogen-bond donors (Lipinski definition) is 0. The van der Waals surface area contributed by atoms with Gasteiger partial charge in [0.05, 0.1) is 0 Å². The molecule has 0 aromatic carbocycles. The summed E-state index contributed by atoms with van der Waals surface area (Å²) in [7, 11) is 0. The molecule has 7 heteroatoms. The molecule has 0 unspecified atom stereocenters. The van der Waals surface area contributed by atoms with Crippen LogP contribution in [0.15, 0.2) is 0 Å². The summed E-state index contributed by atoms with van der Waals surface area (Å²) in [6.07, 6.45) is 0. The predicted molar refractivity (Wildman–Crippen MR) is 2.06 cm³/mol. The minimum absolute atomic E-state index is 0. The largest absolute Gasteiger partial charge is 3.00 e. The molecule has 0 amide bonds. The maximum Gasteiger partial charge on any atom is 3.00 e. The molecule has 3 nitrogen and oxygen atoms in total. The van der Waals surface area contributed by atoms with E-state index in [0.717, 1.165) is 0 Å². The van der Waals surface area contributed by atoms with E-state index < -0.39 is 0 Å². The molecule has 0 aliphatic carbocycles. The Bertz CT molecular complexity index is 10.9.